The van der Waals surface area contributed by atoms with Crippen LogP contribution >= 0.6 is 23.6 Å². The number of nitrogens with one attached hydrogen (secondary N) is 3. The number of H-pyrrole nitrogens is 1. The van der Waals surface area contributed by atoms with Crippen molar-refractivity contribution in [2.45, 2.75) is 12.8 Å². The highest BCUT2D eigenvalue weighted by Gasteiger charge is 2.19. The predicted octanol–water partition coefficient (Wildman–Crippen LogP) is 4.50. The Bertz CT molecular complexity index is 1430. The first kappa shape index (κ1) is 25.2. The fourth-order valence-corrected chi connectivity index (χ4v) is 5.33. The number of para-hydroxylation sites is 2. The van der Waals surface area contributed by atoms with E-state index in [0.29, 0.717) is 33.6 Å². The van der Waals surface area contributed by atoms with Crippen LogP contribution in [0.5, 0.6) is 0 Å². The molecule has 0 bridgehead atoms. The van der Waals surface area contributed by atoms with Crippen molar-refractivity contribution >= 4 is 57.0 Å². The van der Waals surface area contributed by atoms with Crippen LogP contribution in [0.4, 0.5) is 21.0 Å². The van der Waals surface area contributed by atoms with Crippen molar-refractivity contribution in [3.63, 3.8) is 0 Å². The fraction of sp³-hybridized carbons (Fsp3) is 0.308. The van der Waals surface area contributed by atoms with E-state index in [2.05, 4.69) is 35.4 Å². The second-order valence-corrected chi connectivity index (χ2v) is 10.1. The zero-order chi connectivity index (χ0) is 25.6. The number of hydrogen-bond donors (Lipinski definition) is 3. The zero-order valence-corrected chi connectivity index (χ0v) is 21.9. The molecular formula is C26H28FN7OS2. The molecule has 0 radical (unpaired) electrons. The molecule has 0 atom stereocenters. The van der Waals surface area contributed by atoms with Gasteiger partial charge in [-0.3, -0.25) is 9.69 Å². The molecule has 2 aromatic carbocycles. The highest BCUT2D eigenvalue weighted by Crippen LogP contribution is 2.25. The number of hydrogen-bond acceptors (Lipinski definition) is 8. The number of nitrogens with zero attached hydrogens (tertiary/aromatic N) is 4. The molecule has 2 aromatic heterocycles. The van der Waals surface area contributed by atoms with E-state index in [1.807, 2.05) is 41.8 Å². The lowest BCUT2D eigenvalue weighted by atomic mass is 10.2. The summed E-state index contributed by atoms with van der Waals surface area (Å²) in [6, 6.07) is 14.7. The Kier molecular flexibility index (Phi) is 8.02. The molecule has 8 nitrogen and oxygen atoms in total. The summed E-state index contributed by atoms with van der Waals surface area (Å²) in [5, 5.41) is 9.68. The van der Waals surface area contributed by atoms with Gasteiger partial charge < -0.3 is 20.5 Å². The van der Waals surface area contributed by atoms with Crippen LogP contribution in [0.1, 0.15) is 12.1 Å². The molecule has 192 valence electrons. The van der Waals surface area contributed by atoms with Crippen LogP contribution in [0.3, 0.4) is 0 Å². The van der Waals surface area contributed by atoms with Crippen molar-refractivity contribution in [3.05, 3.63) is 70.2 Å². The topological polar surface area (TPSA) is 89.2 Å². The molecule has 1 aliphatic rings. The molecule has 3 N–H and O–H groups in total. The third-order valence-electron chi connectivity index (χ3n) is 6.29. The number of rotatable bonds is 9. The van der Waals surface area contributed by atoms with E-state index in [-0.39, 0.29) is 18.1 Å². The molecule has 1 aliphatic heterocycles. The van der Waals surface area contributed by atoms with E-state index in [1.54, 1.807) is 6.07 Å². The highest BCUT2D eigenvalue weighted by molar-refractivity contribution is 7.71. The van der Waals surface area contributed by atoms with E-state index in [0.717, 1.165) is 50.0 Å². The minimum atomic E-state index is -0.170. The summed E-state index contributed by atoms with van der Waals surface area (Å²) in [5.41, 5.74) is 2.28. The standard InChI is InChI=1S/C26H28FN7OS2/c27-20-7-2-4-9-22(20)34-14-12-33(13-15-34)11-5-10-28-23(35)16-18-17-37-26(29-18)32-24-19-6-1-3-8-21(19)30-25(36)31-24/h1-4,6-9,17H,5,10-16H2,(H,28,35)(H2,29,30,31,32,36). The third kappa shape index (κ3) is 6.48. The number of fused-ring (bicyclic) bond motifs is 1. The van der Waals surface area contributed by atoms with E-state index >= 15 is 0 Å². The van der Waals surface area contributed by atoms with Gasteiger partial charge in [0.25, 0.3) is 0 Å². The molecule has 5 rings (SSSR count). The molecule has 0 unspecified atom stereocenters. The largest absolute Gasteiger partial charge is 0.367 e. The lowest BCUT2D eigenvalue weighted by molar-refractivity contribution is -0.120. The quantitative estimate of drug-likeness (QED) is 0.214. The van der Waals surface area contributed by atoms with Crippen molar-refractivity contribution < 1.29 is 9.18 Å². The average Bonchev–Trinajstić information content (AvgIpc) is 3.33. The maximum absolute atomic E-state index is 14.0. The summed E-state index contributed by atoms with van der Waals surface area (Å²) < 4.78 is 14.4. The van der Waals surface area contributed by atoms with Gasteiger partial charge in [-0.25, -0.2) is 14.4 Å². The second-order valence-electron chi connectivity index (χ2n) is 8.87. The van der Waals surface area contributed by atoms with Gasteiger partial charge in [0.15, 0.2) is 9.90 Å². The van der Waals surface area contributed by atoms with Crippen molar-refractivity contribution in [1.82, 2.24) is 25.2 Å². The third-order valence-corrected chi connectivity index (χ3v) is 7.29. The summed E-state index contributed by atoms with van der Waals surface area (Å²) in [4.78, 5) is 28.9. The summed E-state index contributed by atoms with van der Waals surface area (Å²) in [7, 11) is 0. The molecule has 1 saturated heterocycles. The first-order valence-electron chi connectivity index (χ1n) is 12.2. The maximum Gasteiger partial charge on any atom is 0.226 e. The summed E-state index contributed by atoms with van der Waals surface area (Å²) in [5.74, 6) is 0.419. The number of aromatic amines is 1. The number of benzene rings is 2. The SMILES string of the molecule is O=C(Cc1csc(Nc2nc(=S)[nH]c3ccccc23)n1)NCCCN1CCN(c2ccccc2F)CC1. The van der Waals surface area contributed by atoms with Crippen LogP contribution in [0.2, 0.25) is 0 Å². The van der Waals surface area contributed by atoms with Gasteiger partial charge in [0.1, 0.15) is 11.6 Å². The van der Waals surface area contributed by atoms with Gasteiger partial charge in [0.05, 0.1) is 23.3 Å². The highest BCUT2D eigenvalue weighted by atomic mass is 32.1. The Balaban J connectivity index is 1.04. The van der Waals surface area contributed by atoms with Gasteiger partial charge >= 0.3 is 0 Å². The molecule has 3 heterocycles. The molecule has 4 aromatic rings. The van der Waals surface area contributed by atoms with Gasteiger partial charge in [0, 0.05) is 43.5 Å². The van der Waals surface area contributed by atoms with Crippen LogP contribution in [0, 0.1) is 10.6 Å². The molecule has 0 saturated carbocycles. The predicted molar refractivity (Wildman–Crippen MR) is 149 cm³/mol. The monoisotopic (exact) mass is 537 g/mol. The van der Waals surface area contributed by atoms with E-state index in [4.69, 9.17) is 12.2 Å². The van der Waals surface area contributed by atoms with Crippen molar-refractivity contribution in [2.24, 2.45) is 0 Å². The first-order chi connectivity index (χ1) is 18.0. The Morgan fingerprint density at radius 1 is 1.08 bits per heavy atom. The number of aromatic nitrogens is 3. The smallest absolute Gasteiger partial charge is 0.226 e. The summed E-state index contributed by atoms with van der Waals surface area (Å²) in [6.07, 6.45) is 1.09. The lowest BCUT2D eigenvalue weighted by Crippen LogP contribution is -2.47. The average molecular weight is 538 g/mol. The van der Waals surface area contributed by atoms with E-state index in [1.165, 1.54) is 17.4 Å². The number of thiazole rings is 1. The van der Waals surface area contributed by atoms with Gasteiger partial charge in [0.2, 0.25) is 5.91 Å². The van der Waals surface area contributed by atoms with Crippen LogP contribution in [-0.2, 0) is 11.2 Å². The number of carbonyl (C=O) groups is 1. The van der Waals surface area contributed by atoms with Crippen LogP contribution in [0.25, 0.3) is 10.9 Å². The summed E-state index contributed by atoms with van der Waals surface area (Å²) in [6.45, 7) is 4.87. The molecular weight excluding hydrogens is 509 g/mol. The number of halogens is 1. The molecule has 11 heteroatoms. The van der Waals surface area contributed by atoms with Crippen LogP contribution in [0.15, 0.2) is 53.9 Å². The van der Waals surface area contributed by atoms with Crippen molar-refractivity contribution in [1.29, 1.82) is 0 Å². The lowest BCUT2D eigenvalue weighted by Gasteiger charge is -2.36. The molecule has 0 aliphatic carbocycles. The number of carbonyl (C=O) groups excluding carboxylic acids is 1. The number of anilines is 3. The van der Waals surface area contributed by atoms with Gasteiger partial charge in [-0.2, -0.15) is 0 Å². The van der Waals surface area contributed by atoms with E-state index < -0.39 is 0 Å². The Morgan fingerprint density at radius 3 is 2.70 bits per heavy atom. The van der Waals surface area contributed by atoms with E-state index in [9.17, 15) is 9.18 Å². The fourth-order valence-electron chi connectivity index (χ4n) is 4.42. The molecule has 1 amide bonds. The maximum atomic E-state index is 14.0. The van der Waals surface area contributed by atoms with Crippen LogP contribution in [-0.4, -0.2) is 65.0 Å². The molecule has 37 heavy (non-hydrogen) atoms. The van der Waals surface area contributed by atoms with Crippen LogP contribution < -0.4 is 15.5 Å². The van der Waals surface area contributed by atoms with Gasteiger partial charge in [-0.05, 0) is 49.4 Å². The minimum Gasteiger partial charge on any atom is -0.367 e. The zero-order valence-electron chi connectivity index (χ0n) is 20.2. The van der Waals surface area contributed by atoms with Crippen molar-refractivity contribution in [2.75, 3.05) is 49.5 Å². The van der Waals surface area contributed by atoms with Gasteiger partial charge in [-0.1, -0.05) is 24.3 Å². The normalized spacial score (nSPS) is 14.1. The second kappa shape index (κ2) is 11.8. The number of amides is 1. The minimum absolute atomic E-state index is 0.0491. The Labute approximate surface area is 223 Å². The Morgan fingerprint density at radius 2 is 1.86 bits per heavy atom. The van der Waals surface area contributed by atoms with Gasteiger partial charge in [-0.15, -0.1) is 11.3 Å². The Hall–Kier alpha value is -3.41. The first-order valence-corrected chi connectivity index (χ1v) is 13.5. The number of piperazine rings is 1. The molecule has 0 spiro atoms. The van der Waals surface area contributed by atoms with Crippen molar-refractivity contribution in [3.8, 4) is 0 Å². The summed E-state index contributed by atoms with van der Waals surface area (Å²) >= 11 is 6.66. The molecule has 1 fully saturated rings.